The van der Waals surface area contributed by atoms with E-state index in [-0.39, 0.29) is 23.8 Å². The fraction of sp³-hybridized carbons (Fsp3) is 0.190. The number of ketones is 1. The number of Topliss-reactive ketones (excluding diaryl/α,β-unsaturated/α-hetero) is 1. The van der Waals surface area contributed by atoms with Crippen molar-refractivity contribution in [2.45, 2.75) is 25.8 Å². The monoisotopic (exact) mass is 361 g/mol. The summed E-state index contributed by atoms with van der Waals surface area (Å²) in [6.07, 6.45) is 1.24. The Morgan fingerprint density at radius 1 is 0.963 bits per heavy atom. The SMILES string of the molecule is O=C(CC1=C(c2ccccc2)CCC1=O)NCc1ccc2[nH]c(=O)[nH]c2c1. The summed E-state index contributed by atoms with van der Waals surface area (Å²) in [5.74, 6) is -0.133. The third kappa shape index (κ3) is 3.60. The Kier molecular flexibility index (Phi) is 4.46. The topological polar surface area (TPSA) is 94.8 Å². The minimum atomic E-state index is -0.258. The number of benzene rings is 2. The highest BCUT2D eigenvalue weighted by Gasteiger charge is 2.25. The first-order valence-corrected chi connectivity index (χ1v) is 8.88. The molecule has 27 heavy (non-hydrogen) atoms. The molecule has 0 saturated carbocycles. The number of carbonyl (C=O) groups excluding carboxylic acids is 2. The Hall–Kier alpha value is -3.41. The van der Waals surface area contributed by atoms with E-state index in [1.807, 2.05) is 42.5 Å². The van der Waals surface area contributed by atoms with E-state index in [2.05, 4.69) is 15.3 Å². The number of aromatic nitrogens is 2. The Balaban J connectivity index is 1.46. The Morgan fingerprint density at radius 3 is 2.56 bits per heavy atom. The lowest BCUT2D eigenvalue weighted by Gasteiger charge is -2.08. The molecule has 0 radical (unpaired) electrons. The normalized spacial score (nSPS) is 14.1. The van der Waals surface area contributed by atoms with E-state index in [9.17, 15) is 14.4 Å². The summed E-state index contributed by atoms with van der Waals surface area (Å²) in [6.45, 7) is 0.337. The van der Waals surface area contributed by atoms with Crippen molar-refractivity contribution in [3.63, 3.8) is 0 Å². The molecule has 0 spiro atoms. The third-order valence-electron chi connectivity index (χ3n) is 4.83. The summed E-state index contributed by atoms with van der Waals surface area (Å²) in [5.41, 5.74) is 4.64. The molecule has 0 fully saturated rings. The molecule has 1 aromatic heterocycles. The smallest absolute Gasteiger partial charge is 0.323 e. The van der Waals surface area contributed by atoms with E-state index in [1.165, 1.54) is 0 Å². The number of rotatable bonds is 5. The molecule has 4 rings (SSSR count). The molecule has 0 unspecified atom stereocenters. The summed E-state index contributed by atoms with van der Waals surface area (Å²) >= 11 is 0. The van der Waals surface area contributed by atoms with Crippen molar-refractivity contribution in [3.8, 4) is 0 Å². The van der Waals surface area contributed by atoms with Gasteiger partial charge in [-0.1, -0.05) is 36.4 Å². The predicted molar refractivity (Wildman–Crippen MR) is 103 cm³/mol. The molecule has 3 N–H and O–H groups in total. The summed E-state index contributed by atoms with van der Waals surface area (Å²) in [6, 6.07) is 15.2. The van der Waals surface area contributed by atoms with E-state index in [0.29, 0.717) is 30.5 Å². The van der Waals surface area contributed by atoms with E-state index < -0.39 is 0 Å². The summed E-state index contributed by atoms with van der Waals surface area (Å²) in [5, 5.41) is 2.86. The molecule has 6 nitrogen and oxygen atoms in total. The molecule has 0 saturated heterocycles. The van der Waals surface area contributed by atoms with Gasteiger partial charge in [-0.25, -0.2) is 4.79 Å². The van der Waals surface area contributed by atoms with Crippen molar-refractivity contribution >= 4 is 28.3 Å². The molecule has 1 amide bonds. The minimum Gasteiger partial charge on any atom is -0.352 e. The zero-order valence-electron chi connectivity index (χ0n) is 14.7. The van der Waals surface area contributed by atoms with E-state index in [1.54, 1.807) is 6.07 Å². The van der Waals surface area contributed by atoms with Gasteiger partial charge >= 0.3 is 5.69 Å². The van der Waals surface area contributed by atoms with Gasteiger partial charge in [0.25, 0.3) is 0 Å². The average molecular weight is 361 g/mol. The molecule has 0 atom stereocenters. The number of nitrogens with one attached hydrogen (secondary N) is 3. The summed E-state index contributed by atoms with van der Waals surface area (Å²) in [4.78, 5) is 41.3. The quantitative estimate of drug-likeness (QED) is 0.652. The fourth-order valence-corrected chi connectivity index (χ4v) is 3.49. The van der Waals surface area contributed by atoms with Crippen LogP contribution in [0.5, 0.6) is 0 Å². The molecule has 136 valence electrons. The number of aromatic amines is 2. The van der Waals surface area contributed by atoms with Crippen molar-refractivity contribution in [2.24, 2.45) is 0 Å². The lowest BCUT2D eigenvalue weighted by molar-refractivity contribution is -0.122. The van der Waals surface area contributed by atoms with Crippen LogP contribution in [0, 0.1) is 0 Å². The first-order chi connectivity index (χ1) is 13.1. The Labute approximate surface area is 155 Å². The van der Waals surface area contributed by atoms with Crippen LogP contribution in [0.1, 0.15) is 30.4 Å². The third-order valence-corrected chi connectivity index (χ3v) is 4.83. The average Bonchev–Trinajstić information content (AvgIpc) is 3.22. The van der Waals surface area contributed by atoms with Crippen LogP contribution < -0.4 is 11.0 Å². The van der Waals surface area contributed by atoms with Gasteiger partial charge in [0.05, 0.1) is 17.5 Å². The van der Waals surface area contributed by atoms with Crippen LogP contribution in [0.3, 0.4) is 0 Å². The number of allylic oxidation sites excluding steroid dienone is 1. The van der Waals surface area contributed by atoms with Gasteiger partial charge in [0.2, 0.25) is 5.91 Å². The lowest BCUT2D eigenvalue weighted by atomic mass is 10.00. The maximum absolute atomic E-state index is 12.4. The molecule has 1 heterocycles. The summed E-state index contributed by atoms with van der Waals surface area (Å²) in [7, 11) is 0. The molecule has 0 bridgehead atoms. The minimum absolute atomic E-state index is 0.0512. The van der Waals surface area contributed by atoms with Gasteiger partial charge < -0.3 is 15.3 Å². The van der Waals surface area contributed by atoms with E-state index in [0.717, 1.165) is 22.2 Å². The number of imidazole rings is 1. The second kappa shape index (κ2) is 7.07. The van der Waals surface area contributed by atoms with Gasteiger partial charge in [0, 0.05) is 18.5 Å². The number of fused-ring (bicyclic) bond motifs is 1. The summed E-state index contributed by atoms with van der Waals surface area (Å²) < 4.78 is 0. The van der Waals surface area contributed by atoms with Gasteiger partial charge in [-0.3, -0.25) is 9.59 Å². The first-order valence-electron chi connectivity index (χ1n) is 8.88. The van der Waals surface area contributed by atoms with Crippen LogP contribution in [0.15, 0.2) is 58.9 Å². The molecule has 1 aliphatic carbocycles. The zero-order valence-corrected chi connectivity index (χ0v) is 14.7. The molecule has 2 aromatic carbocycles. The van der Waals surface area contributed by atoms with E-state index in [4.69, 9.17) is 0 Å². The molecule has 6 heteroatoms. The Bertz CT molecular complexity index is 1110. The predicted octanol–water partition coefficient (Wildman–Crippen LogP) is 2.68. The standard InChI is InChI=1S/C21H19N3O3/c25-19-9-7-15(14-4-2-1-3-5-14)16(19)11-20(26)22-12-13-6-8-17-18(10-13)24-21(27)23-17/h1-6,8,10H,7,9,11-12H2,(H,22,26)(H2,23,24,27). The molecule has 0 aliphatic heterocycles. The fourth-order valence-electron chi connectivity index (χ4n) is 3.49. The first kappa shape index (κ1) is 17.0. The number of amides is 1. The second-order valence-electron chi connectivity index (χ2n) is 6.66. The number of carbonyl (C=O) groups is 2. The zero-order chi connectivity index (χ0) is 18.8. The molecule has 1 aliphatic rings. The number of hydrogen-bond acceptors (Lipinski definition) is 3. The van der Waals surface area contributed by atoms with Crippen LogP contribution in [0.25, 0.3) is 16.6 Å². The van der Waals surface area contributed by atoms with Crippen LogP contribution in [0.2, 0.25) is 0 Å². The van der Waals surface area contributed by atoms with Crippen LogP contribution in [-0.4, -0.2) is 21.7 Å². The van der Waals surface area contributed by atoms with Gasteiger partial charge in [-0.15, -0.1) is 0 Å². The maximum atomic E-state index is 12.4. The van der Waals surface area contributed by atoms with Crippen molar-refractivity contribution in [2.75, 3.05) is 0 Å². The molecular weight excluding hydrogens is 342 g/mol. The lowest BCUT2D eigenvalue weighted by Crippen LogP contribution is -2.24. The highest BCUT2D eigenvalue weighted by Crippen LogP contribution is 2.33. The van der Waals surface area contributed by atoms with Crippen LogP contribution >= 0.6 is 0 Å². The Morgan fingerprint density at radius 2 is 1.74 bits per heavy atom. The van der Waals surface area contributed by atoms with Crippen LogP contribution in [-0.2, 0) is 16.1 Å². The largest absolute Gasteiger partial charge is 0.352 e. The second-order valence-corrected chi connectivity index (χ2v) is 6.66. The van der Waals surface area contributed by atoms with Crippen LogP contribution in [0.4, 0.5) is 0 Å². The van der Waals surface area contributed by atoms with Gasteiger partial charge in [0.1, 0.15) is 0 Å². The van der Waals surface area contributed by atoms with Crippen molar-refractivity contribution in [1.82, 2.24) is 15.3 Å². The highest BCUT2D eigenvalue weighted by atomic mass is 16.2. The van der Waals surface area contributed by atoms with Gasteiger partial charge in [0.15, 0.2) is 5.78 Å². The van der Waals surface area contributed by atoms with Crippen molar-refractivity contribution < 1.29 is 9.59 Å². The maximum Gasteiger partial charge on any atom is 0.323 e. The number of H-pyrrole nitrogens is 2. The van der Waals surface area contributed by atoms with Crippen molar-refractivity contribution in [1.29, 1.82) is 0 Å². The molecule has 3 aromatic rings. The van der Waals surface area contributed by atoms with Gasteiger partial charge in [-0.05, 0) is 35.3 Å². The van der Waals surface area contributed by atoms with Crippen molar-refractivity contribution in [3.05, 3.63) is 75.7 Å². The van der Waals surface area contributed by atoms with E-state index >= 15 is 0 Å². The molecular formula is C21H19N3O3. The van der Waals surface area contributed by atoms with Gasteiger partial charge in [-0.2, -0.15) is 0 Å². The number of hydrogen-bond donors (Lipinski definition) is 3. The highest BCUT2D eigenvalue weighted by molar-refractivity contribution is 6.10.